The van der Waals surface area contributed by atoms with Crippen molar-refractivity contribution in [2.45, 2.75) is 70.4 Å². The predicted molar refractivity (Wildman–Crippen MR) is 80.3 cm³/mol. The molecule has 3 heteroatoms. The molecule has 1 aliphatic heterocycles. The fourth-order valence-electron chi connectivity index (χ4n) is 4.12. The zero-order chi connectivity index (χ0) is 13.7. The number of rotatable bonds is 6. The van der Waals surface area contributed by atoms with E-state index in [2.05, 4.69) is 18.7 Å². The van der Waals surface area contributed by atoms with Crippen LogP contribution in [0.4, 0.5) is 0 Å². The molecule has 1 aliphatic carbocycles. The van der Waals surface area contributed by atoms with Gasteiger partial charge in [0, 0.05) is 24.7 Å². The van der Waals surface area contributed by atoms with Crippen LogP contribution in [0.2, 0.25) is 0 Å². The molecule has 2 N–H and O–H groups in total. The van der Waals surface area contributed by atoms with Gasteiger partial charge in [-0.1, -0.05) is 39.5 Å². The van der Waals surface area contributed by atoms with Crippen molar-refractivity contribution in [3.8, 4) is 0 Å². The third-order valence-electron chi connectivity index (χ3n) is 5.54. The van der Waals surface area contributed by atoms with Crippen molar-refractivity contribution in [3.05, 3.63) is 0 Å². The molecule has 0 aromatic heterocycles. The summed E-state index contributed by atoms with van der Waals surface area (Å²) in [5.41, 5.74) is 7.00. The predicted octanol–water partition coefficient (Wildman–Crippen LogP) is 2.79. The topological polar surface area (TPSA) is 38.5 Å². The maximum atomic E-state index is 6.71. The molecule has 1 saturated carbocycles. The molecule has 112 valence electrons. The second-order valence-electron chi connectivity index (χ2n) is 6.43. The van der Waals surface area contributed by atoms with Crippen molar-refractivity contribution in [1.82, 2.24) is 4.90 Å². The summed E-state index contributed by atoms with van der Waals surface area (Å²) in [4.78, 5) is 2.66. The molecular formula is C16H32N2O. The van der Waals surface area contributed by atoms with Crippen molar-refractivity contribution < 1.29 is 4.74 Å². The van der Waals surface area contributed by atoms with E-state index in [4.69, 9.17) is 10.5 Å². The normalized spacial score (nSPS) is 25.9. The fraction of sp³-hybridized carbons (Fsp3) is 1.00. The third kappa shape index (κ3) is 3.32. The zero-order valence-corrected chi connectivity index (χ0v) is 12.9. The minimum atomic E-state index is 0.284. The van der Waals surface area contributed by atoms with Crippen LogP contribution in [0.1, 0.15) is 58.8 Å². The molecule has 0 amide bonds. The molecular weight excluding hydrogens is 236 g/mol. The Morgan fingerprint density at radius 2 is 1.68 bits per heavy atom. The first-order valence-electron chi connectivity index (χ1n) is 8.31. The fourth-order valence-corrected chi connectivity index (χ4v) is 4.12. The summed E-state index contributed by atoms with van der Waals surface area (Å²) in [6.45, 7) is 8.54. The Morgan fingerprint density at radius 1 is 1.11 bits per heavy atom. The SMILES string of the molecule is CCC(CC)CC(N)C1(N2CCOCC2)CCCC1. The third-order valence-corrected chi connectivity index (χ3v) is 5.54. The van der Waals surface area contributed by atoms with Crippen LogP contribution in [0.15, 0.2) is 0 Å². The van der Waals surface area contributed by atoms with Gasteiger partial charge in [0.1, 0.15) is 0 Å². The van der Waals surface area contributed by atoms with E-state index in [-0.39, 0.29) is 5.54 Å². The van der Waals surface area contributed by atoms with Gasteiger partial charge >= 0.3 is 0 Å². The van der Waals surface area contributed by atoms with Crippen molar-refractivity contribution in [3.63, 3.8) is 0 Å². The van der Waals surface area contributed by atoms with Gasteiger partial charge in [0.15, 0.2) is 0 Å². The number of ether oxygens (including phenoxy) is 1. The van der Waals surface area contributed by atoms with E-state index in [0.717, 1.165) is 32.2 Å². The van der Waals surface area contributed by atoms with Crippen molar-refractivity contribution in [2.24, 2.45) is 11.7 Å². The van der Waals surface area contributed by atoms with Gasteiger partial charge in [-0.3, -0.25) is 4.90 Å². The van der Waals surface area contributed by atoms with Crippen LogP contribution in [0, 0.1) is 5.92 Å². The van der Waals surface area contributed by atoms with E-state index in [9.17, 15) is 0 Å². The highest BCUT2D eigenvalue weighted by Crippen LogP contribution is 2.40. The van der Waals surface area contributed by atoms with E-state index >= 15 is 0 Å². The molecule has 0 bridgehead atoms. The lowest BCUT2D eigenvalue weighted by Gasteiger charge is -2.47. The first kappa shape index (κ1) is 15.3. The van der Waals surface area contributed by atoms with Gasteiger partial charge in [0.05, 0.1) is 13.2 Å². The lowest BCUT2D eigenvalue weighted by atomic mass is 9.80. The van der Waals surface area contributed by atoms with Gasteiger partial charge in [0.2, 0.25) is 0 Å². The Bertz CT molecular complexity index is 253. The maximum absolute atomic E-state index is 6.71. The Kier molecular flexibility index (Phi) is 5.67. The molecule has 1 unspecified atom stereocenters. The number of hydrogen-bond donors (Lipinski definition) is 1. The van der Waals surface area contributed by atoms with Crippen LogP contribution in [-0.2, 0) is 4.74 Å². The second kappa shape index (κ2) is 7.05. The molecule has 1 atom stereocenters. The number of nitrogens with two attached hydrogens (primary N) is 1. The van der Waals surface area contributed by atoms with Crippen LogP contribution in [0.3, 0.4) is 0 Å². The molecule has 19 heavy (non-hydrogen) atoms. The van der Waals surface area contributed by atoms with Gasteiger partial charge in [0.25, 0.3) is 0 Å². The molecule has 2 rings (SSSR count). The Balaban J connectivity index is 2.04. The van der Waals surface area contributed by atoms with Crippen LogP contribution in [-0.4, -0.2) is 42.8 Å². The van der Waals surface area contributed by atoms with Gasteiger partial charge in [-0.2, -0.15) is 0 Å². The summed E-state index contributed by atoms with van der Waals surface area (Å²) in [5, 5.41) is 0. The second-order valence-corrected chi connectivity index (χ2v) is 6.43. The standard InChI is InChI=1S/C16H32N2O/c1-3-14(4-2)13-15(17)16(7-5-6-8-16)18-9-11-19-12-10-18/h14-15H,3-13,17H2,1-2H3. The summed E-state index contributed by atoms with van der Waals surface area (Å²) in [7, 11) is 0. The van der Waals surface area contributed by atoms with E-state index in [1.807, 2.05) is 0 Å². The highest BCUT2D eigenvalue weighted by Gasteiger charge is 2.44. The Labute approximate surface area is 118 Å². The Hall–Kier alpha value is -0.120. The summed E-state index contributed by atoms with van der Waals surface area (Å²) in [5.74, 6) is 0.800. The molecule has 0 spiro atoms. The molecule has 1 saturated heterocycles. The summed E-state index contributed by atoms with van der Waals surface area (Å²) < 4.78 is 5.52. The molecule has 0 aromatic carbocycles. The molecule has 0 radical (unpaired) electrons. The van der Waals surface area contributed by atoms with Crippen LogP contribution in [0.5, 0.6) is 0 Å². The molecule has 3 nitrogen and oxygen atoms in total. The molecule has 1 heterocycles. The van der Waals surface area contributed by atoms with Gasteiger partial charge in [-0.05, 0) is 25.2 Å². The largest absolute Gasteiger partial charge is 0.379 e. The van der Waals surface area contributed by atoms with E-state index in [0.29, 0.717) is 6.04 Å². The van der Waals surface area contributed by atoms with E-state index in [1.165, 1.54) is 44.9 Å². The van der Waals surface area contributed by atoms with Gasteiger partial charge < -0.3 is 10.5 Å². The monoisotopic (exact) mass is 268 g/mol. The van der Waals surface area contributed by atoms with Crippen molar-refractivity contribution in [1.29, 1.82) is 0 Å². The van der Waals surface area contributed by atoms with Crippen LogP contribution >= 0.6 is 0 Å². The van der Waals surface area contributed by atoms with Crippen molar-refractivity contribution in [2.75, 3.05) is 26.3 Å². The number of morpholine rings is 1. The highest BCUT2D eigenvalue weighted by atomic mass is 16.5. The molecule has 2 aliphatic rings. The van der Waals surface area contributed by atoms with E-state index < -0.39 is 0 Å². The highest BCUT2D eigenvalue weighted by molar-refractivity contribution is 5.03. The van der Waals surface area contributed by atoms with Crippen LogP contribution in [0.25, 0.3) is 0 Å². The molecule has 2 fully saturated rings. The van der Waals surface area contributed by atoms with Gasteiger partial charge in [-0.25, -0.2) is 0 Å². The quantitative estimate of drug-likeness (QED) is 0.805. The van der Waals surface area contributed by atoms with Gasteiger partial charge in [-0.15, -0.1) is 0 Å². The maximum Gasteiger partial charge on any atom is 0.0594 e. The summed E-state index contributed by atoms with van der Waals surface area (Å²) >= 11 is 0. The lowest BCUT2D eigenvalue weighted by Crippen LogP contribution is -2.61. The average molecular weight is 268 g/mol. The number of hydrogen-bond acceptors (Lipinski definition) is 3. The van der Waals surface area contributed by atoms with Crippen molar-refractivity contribution >= 4 is 0 Å². The minimum Gasteiger partial charge on any atom is -0.379 e. The van der Waals surface area contributed by atoms with E-state index in [1.54, 1.807) is 0 Å². The minimum absolute atomic E-state index is 0.284. The first-order valence-corrected chi connectivity index (χ1v) is 8.31. The lowest BCUT2D eigenvalue weighted by molar-refractivity contribution is -0.0335. The smallest absolute Gasteiger partial charge is 0.0594 e. The molecule has 0 aromatic rings. The Morgan fingerprint density at radius 3 is 2.21 bits per heavy atom. The van der Waals surface area contributed by atoms with Crippen LogP contribution < -0.4 is 5.73 Å². The zero-order valence-electron chi connectivity index (χ0n) is 12.9. The average Bonchev–Trinajstić information content (AvgIpc) is 2.96. The first-order chi connectivity index (χ1) is 9.23. The summed E-state index contributed by atoms with van der Waals surface area (Å²) in [6.07, 6.45) is 9.04. The summed E-state index contributed by atoms with van der Waals surface area (Å²) in [6, 6.07) is 0.345. The number of nitrogens with zero attached hydrogens (tertiary/aromatic N) is 1.